The van der Waals surface area contributed by atoms with Gasteiger partial charge in [-0.2, -0.15) is 0 Å². The number of halogens is 1. The molecule has 4 nitrogen and oxygen atoms in total. The average molecular weight is 344 g/mol. The minimum atomic E-state index is -0.216. The summed E-state index contributed by atoms with van der Waals surface area (Å²) in [5.74, 6) is 0.636. The van der Waals surface area contributed by atoms with Crippen LogP contribution in [0.5, 0.6) is 0 Å². The zero-order chi connectivity index (χ0) is 17.1. The van der Waals surface area contributed by atoms with E-state index in [-0.39, 0.29) is 11.9 Å². The largest absolute Gasteiger partial charge is 0.368 e. The van der Waals surface area contributed by atoms with Crippen LogP contribution in [0.4, 0.5) is 10.2 Å². The van der Waals surface area contributed by atoms with E-state index in [4.69, 9.17) is 0 Å². The lowest BCUT2D eigenvalue weighted by Gasteiger charge is -2.25. The van der Waals surface area contributed by atoms with Crippen LogP contribution in [0.1, 0.15) is 23.4 Å². The minimum absolute atomic E-state index is 0.125. The summed E-state index contributed by atoms with van der Waals surface area (Å²) in [5.41, 5.74) is 1.07. The molecule has 0 radical (unpaired) electrons. The first-order valence-corrected chi connectivity index (χ1v) is 8.79. The molecule has 126 valence electrons. The van der Waals surface area contributed by atoms with Crippen LogP contribution in [0.15, 0.2) is 36.7 Å². The van der Waals surface area contributed by atoms with Crippen LogP contribution in [0.3, 0.4) is 0 Å². The summed E-state index contributed by atoms with van der Waals surface area (Å²) < 4.78 is 13.2. The van der Waals surface area contributed by atoms with Crippen LogP contribution in [-0.2, 0) is 6.42 Å². The zero-order valence-electron chi connectivity index (χ0n) is 14.1. The third-order valence-corrected chi connectivity index (χ3v) is 5.26. The molecule has 0 aliphatic carbocycles. The average Bonchev–Trinajstić information content (AvgIpc) is 3.00. The molecule has 3 aromatic rings. The van der Waals surface area contributed by atoms with Crippen LogP contribution in [0.2, 0.25) is 0 Å². The SMILES string of the molecule is CCc1cc2c(NC[C@@H](c3ccc(F)cc3)N(C)C)ncnc2s1. The maximum atomic E-state index is 13.2. The van der Waals surface area contributed by atoms with Gasteiger partial charge < -0.3 is 10.2 Å². The number of aromatic nitrogens is 2. The third-order valence-electron chi connectivity index (χ3n) is 4.07. The maximum Gasteiger partial charge on any atom is 0.138 e. The molecule has 0 saturated heterocycles. The quantitative estimate of drug-likeness (QED) is 0.731. The van der Waals surface area contributed by atoms with E-state index >= 15 is 0 Å². The molecule has 0 amide bonds. The molecular weight excluding hydrogens is 323 g/mol. The van der Waals surface area contributed by atoms with Crippen molar-refractivity contribution >= 4 is 27.4 Å². The minimum Gasteiger partial charge on any atom is -0.368 e. The van der Waals surface area contributed by atoms with E-state index in [9.17, 15) is 4.39 Å². The fourth-order valence-electron chi connectivity index (χ4n) is 2.70. The van der Waals surface area contributed by atoms with Crippen molar-refractivity contribution in [2.75, 3.05) is 26.0 Å². The highest BCUT2D eigenvalue weighted by Crippen LogP contribution is 2.29. The highest BCUT2D eigenvalue weighted by Gasteiger charge is 2.15. The van der Waals surface area contributed by atoms with Gasteiger partial charge in [0.1, 0.15) is 22.8 Å². The molecule has 1 N–H and O–H groups in total. The molecule has 0 saturated carbocycles. The third kappa shape index (κ3) is 3.55. The summed E-state index contributed by atoms with van der Waals surface area (Å²) in [7, 11) is 4.04. The number of anilines is 1. The Bertz CT molecular complexity index is 814. The van der Waals surface area contributed by atoms with Gasteiger partial charge in [0.15, 0.2) is 0 Å². The van der Waals surface area contributed by atoms with E-state index in [1.54, 1.807) is 17.7 Å². The molecule has 0 aliphatic heterocycles. The van der Waals surface area contributed by atoms with Crippen molar-refractivity contribution in [2.45, 2.75) is 19.4 Å². The number of nitrogens with one attached hydrogen (secondary N) is 1. The van der Waals surface area contributed by atoms with Crippen LogP contribution in [-0.4, -0.2) is 35.5 Å². The number of rotatable bonds is 6. The van der Waals surface area contributed by atoms with Crippen molar-refractivity contribution in [1.29, 1.82) is 0 Å². The number of hydrogen-bond donors (Lipinski definition) is 1. The lowest BCUT2D eigenvalue weighted by molar-refractivity contribution is 0.311. The Morgan fingerprint density at radius 1 is 1.21 bits per heavy atom. The zero-order valence-corrected chi connectivity index (χ0v) is 14.9. The second-order valence-corrected chi connectivity index (χ2v) is 7.03. The first-order chi connectivity index (χ1) is 11.6. The lowest BCUT2D eigenvalue weighted by Crippen LogP contribution is -2.27. The van der Waals surface area contributed by atoms with Crippen molar-refractivity contribution in [3.8, 4) is 0 Å². The fraction of sp³-hybridized carbons (Fsp3) is 0.333. The second-order valence-electron chi connectivity index (χ2n) is 5.92. The Morgan fingerprint density at radius 3 is 2.62 bits per heavy atom. The molecule has 2 aromatic heterocycles. The monoisotopic (exact) mass is 344 g/mol. The molecule has 0 spiro atoms. The Labute approximate surface area is 145 Å². The van der Waals surface area contributed by atoms with E-state index in [0.717, 1.165) is 28.0 Å². The summed E-state index contributed by atoms with van der Waals surface area (Å²) in [6, 6.07) is 8.95. The molecule has 6 heteroatoms. The van der Waals surface area contributed by atoms with E-state index in [2.05, 4.69) is 33.2 Å². The molecule has 24 heavy (non-hydrogen) atoms. The highest BCUT2D eigenvalue weighted by atomic mass is 32.1. The Morgan fingerprint density at radius 2 is 1.96 bits per heavy atom. The smallest absolute Gasteiger partial charge is 0.138 e. The van der Waals surface area contributed by atoms with Crippen LogP contribution >= 0.6 is 11.3 Å². The number of aryl methyl sites for hydroxylation is 1. The summed E-state index contributed by atoms with van der Waals surface area (Å²) in [5, 5.41) is 4.51. The predicted molar refractivity (Wildman–Crippen MR) is 98.1 cm³/mol. The Kier molecular flexibility index (Phi) is 5.06. The number of benzene rings is 1. The number of nitrogens with zero attached hydrogens (tertiary/aromatic N) is 3. The van der Waals surface area contributed by atoms with Gasteiger partial charge in [-0.05, 0) is 44.3 Å². The van der Waals surface area contributed by atoms with E-state index in [1.807, 2.05) is 26.2 Å². The lowest BCUT2D eigenvalue weighted by atomic mass is 10.1. The van der Waals surface area contributed by atoms with Gasteiger partial charge in [-0.15, -0.1) is 11.3 Å². The van der Waals surface area contributed by atoms with E-state index < -0.39 is 0 Å². The number of likely N-dealkylation sites (N-methyl/N-ethyl adjacent to an activating group) is 1. The molecule has 0 unspecified atom stereocenters. The standard InChI is InChI=1S/C18H21FN4S/c1-4-14-9-15-17(21-11-22-18(15)24-14)20-10-16(23(2)3)12-5-7-13(19)8-6-12/h5-9,11,16H,4,10H2,1-3H3,(H,20,21,22)/t16-/m0/s1. The van der Waals surface area contributed by atoms with Crippen molar-refractivity contribution in [1.82, 2.24) is 14.9 Å². The molecule has 2 heterocycles. The topological polar surface area (TPSA) is 41.0 Å². The van der Waals surface area contributed by atoms with Crippen LogP contribution < -0.4 is 5.32 Å². The summed E-state index contributed by atoms with van der Waals surface area (Å²) in [4.78, 5) is 13.2. The first-order valence-electron chi connectivity index (χ1n) is 7.97. The second kappa shape index (κ2) is 7.23. The van der Waals surface area contributed by atoms with Gasteiger partial charge in [0.2, 0.25) is 0 Å². The van der Waals surface area contributed by atoms with Crippen LogP contribution in [0.25, 0.3) is 10.2 Å². The molecule has 0 bridgehead atoms. The van der Waals surface area contributed by atoms with Gasteiger partial charge >= 0.3 is 0 Å². The van der Waals surface area contributed by atoms with Crippen molar-refractivity contribution in [2.24, 2.45) is 0 Å². The highest BCUT2D eigenvalue weighted by molar-refractivity contribution is 7.18. The van der Waals surface area contributed by atoms with E-state index in [0.29, 0.717) is 6.54 Å². The van der Waals surface area contributed by atoms with Crippen LogP contribution in [0, 0.1) is 5.82 Å². The molecule has 0 fully saturated rings. The van der Waals surface area contributed by atoms with Gasteiger partial charge in [-0.3, -0.25) is 0 Å². The molecule has 1 aromatic carbocycles. The maximum absolute atomic E-state index is 13.2. The molecule has 1 atom stereocenters. The normalized spacial score (nSPS) is 12.7. The fourth-order valence-corrected chi connectivity index (χ4v) is 3.63. The van der Waals surface area contributed by atoms with Crippen molar-refractivity contribution < 1.29 is 4.39 Å². The van der Waals surface area contributed by atoms with Gasteiger partial charge in [0, 0.05) is 11.4 Å². The van der Waals surface area contributed by atoms with Crippen molar-refractivity contribution in [3.63, 3.8) is 0 Å². The van der Waals surface area contributed by atoms with Gasteiger partial charge in [0.05, 0.1) is 11.4 Å². The van der Waals surface area contributed by atoms with Gasteiger partial charge in [0.25, 0.3) is 0 Å². The molecule has 3 rings (SSSR count). The summed E-state index contributed by atoms with van der Waals surface area (Å²) in [6.45, 7) is 2.82. The van der Waals surface area contributed by atoms with Crippen molar-refractivity contribution in [3.05, 3.63) is 52.9 Å². The first kappa shape index (κ1) is 16.8. The number of thiophene rings is 1. The van der Waals surface area contributed by atoms with E-state index in [1.165, 1.54) is 17.0 Å². The summed E-state index contributed by atoms with van der Waals surface area (Å²) >= 11 is 1.71. The molecular formula is C18H21FN4S. The number of hydrogen-bond acceptors (Lipinski definition) is 5. The molecule has 0 aliphatic rings. The predicted octanol–water partition coefficient (Wildman–Crippen LogP) is 4.11. The Balaban J connectivity index is 1.82. The van der Waals surface area contributed by atoms with Gasteiger partial charge in [-0.25, -0.2) is 14.4 Å². The number of fused-ring (bicyclic) bond motifs is 1. The summed E-state index contributed by atoms with van der Waals surface area (Å²) in [6.07, 6.45) is 2.60. The van der Waals surface area contributed by atoms with Gasteiger partial charge in [-0.1, -0.05) is 19.1 Å². The Hall–Kier alpha value is -2.05.